The lowest BCUT2D eigenvalue weighted by Crippen LogP contribution is -2.53. The van der Waals surface area contributed by atoms with E-state index in [2.05, 4.69) is 6.92 Å². The summed E-state index contributed by atoms with van der Waals surface area (Å²) in [6.07, 6.45) is 6.35. The number of carbonyl (C=O) groups excluding carboxylic acids is 1. The Morgan fingerprint density at radius 1 is 1.25 bits per heavy atom. The molecular weight excluding hydrogens is 204 g/mol. The normalized spacial score (nSPS) is 27.3. The number of hydrogen-bond acceptors (Lipinski definition) is 3. The molecule has 0 heterocycles. The van der Waals surface area contributed by atoms with E-state index in [-0.39, 0.29) is 11.5 Å². The van der Waals surface area contributed by atoms with Crippen molar-refractivity contribution in [2.45, 2.75) is 51.6 Å². The molecule has 3 nitrogen and oxygen atoms in total. The Hall–Kier alpha value is -0.410. The van der Waals surface area contributed by atoms with Crippen molar-refractivity contribution < 1.29 is 14.3 Å². The van der Waals surface area contributed by atoms with Gasteiger partial charge < -0.3 is 9.47 Å². The molecule has 2 rings (SSSR count). The first-order chi connectivity index (χ1) is 7.79. The van der Waals surface area contributed by atoms with Gasteiger partial charge in [-0.25, -0.2) is 0 Å². The molecule has 0 N–H and O–H groups in total. The first-order valence-corrected chi connectivity index (χ1v) is 6.52. The smallest absolute Gasteiger partial charge is 0.144 e. The number of hydrogen-bond donors (Lipinski definition) is 0. The van der Waals surface area contributed by atoms with Crippen molar-refractivity contribution in [3.05, 3.63) is 0 Å². The highest BCUT2D eigenvalue weighted by Crippen LogP contribution is 2.51. The lowest BCUT2D eigenvalue weighted by Gasteiger charge is -2.44. The standard InChI is InChI=1S/C13H22O3/c1-2-7-15-8-9-16-12-10-11(14)13(12)5-3-4-6-13/h12H,2-10H2,1H3. The molecule has 0 aliphatic heterocycles. The molecule has 3 heteroatoms. The van der Waals surface area contributed by atoms with Crippen LogP contribution in [0.2, 0.25) is 0 Å². The van der Waals surface area contributed by atoms with Gasteiger partial charge in [-0.3, -0.25) is 4.79 Å². The molecule has 1 spiro atoms. The number of rotatable bonds is 6. The van der Waals surface area contributed by atoms with Gasteiger partial charge in [0.15, 0.2) is 0 Å². The van der Waals surface area contributed by atoms with Crippen molar-refractivity contribution in [2.75, 3.05) is 19.8 Å². The second kappa shape index (κ2) is 5.28. The maximum absolute atomic E-state index is 11.7. The zero-order valence-electron chi connectivity index (χ0n) is 10.2. The van der Waals surface area contributed by atoms with E-state index in [0.717, 1.165) is 25.9 Å². The molecule has 1 unspecified atom stereocenters. The Morgan fingerprint density at radius 3 is 2.62 bits per heavy atom. The van der Waals surface area contributed by atoms with E-state index >= 15 is 0 Å². The minimum Gasteiger partial charge on any atom is -0.379 e. The molecule has 0 aromatic rings. The maximum atomic E-state index is 11.7. The van der Waals surface area contributed by atoms with Gasteiger partial charge in [0.05, 0.1) is 24.7 Å². The summed E-state index contributed by atoms with van der Waals surface area (Å²) in [5, 5.41) is 0. The predicted octanol–water partition coefficient (Wildman–Crippen LogP) is 2.33. The summed E-state index contributed by atoms with van der Waals surface area (Å²) in [7, 11) is 0. The molecule has 1 atom stereocenters. The summed E-state index contributed by atoms with van der Waals surface area (Å²) in [6.45, 7) is 4.20. The van der Waals surface area contributed by atoms with Crippen LogP contribution in [0.15, 0.2) is 0 Å². The van der Waals surface area contributed by atoms with Gasteiger partial charge in [-0.2, -0.15) is 0 Å². The highest BCUT2D eigenvalue weighted by Gasteiger charge is 2.56. The SMILES string of the molecule is CCCOCCOC1CC(=O)C12CCCC2. The fourth-order valence-corrected chi connectivity index (χ4v) is 2.94. The number of Topliss-reactive ketones (excluding diaryl/α,β-unsaturated/α-hetero) is 1. The lowest BCUT2D eigenvalue weighted by molar-refractivity contribution is -0.164. The number of ketones is 1. The first kappa shape index (κ1) is 12.1. The molecule has 92 valence electrons. The molecule has 2 fully saturated rings. The molecule has 0 radical (unpaired) electrons. The van der Waals surface area contributed by atoms with Crippen molar-refractivity contribution in [3.8, 4) is 0 Å². The van der Waals surface area contributed by atoms with Crippen LogP contribution in [0.5, 0.6) is 0 Å². The van der Waals surface area contributed by atoms with E-state index in [0.29, 0.717) is 25.4 Å². The van der Waals surface area contributed by atoms with Gasteiger partial charge in [-0.15, -0.1) is 0 Å². The van der Waals surface area contributed by atoms with Crippen molar-refractivity contribution in [1.82, 2.24) is 0 Å². The van der Waals surface area contributed by atoms with E-state index in [1.54, 1.807) is 0 Å². The molecule has 16 heavy (non-hydrogen) atoms. The van der Waals surface area contributed by atoms with Gasteiger partial charge in [-0.05, 0) is 19.3 Å². The van der Waals surface area contributed by atoms with Crippen LogP contribution in [0, 0.1) is 5.41 Å². The summed E-state index contributed by atoms with van der Waals surface area (Å²) in [5.41, 5.74) is -0.0786. The van der Waals surface area contributed by atoms with Crippen LogP contribution in [-0.2, 0) is 14.3 Å². The first-order valence-electron chi connectivity index (χ1n) is 6.52. The number of ether oxygens (including phenoxy) is 2. The molecule has 0 aromatic heterocycles. The molecule has 0 saturated heterocycles. The van der Waals surface area contributed by atoms with E-state index < -0.39 is 0 Å². The van der Waals surface area contributed by atoms with Gasteiger partial charge in [0.2, 0.25) is 0 Å². The van der Waals surface area contributed by atoms with Crippen molar-refractivity contribution in [3.63, 3.8) is 0 Å². The van der Waals surface area contributed by atoms with Crippen LogP contribution in [0.1, 0.15) is 45.4 Å². The minimum atomic E-state index is -0.0786. The zero-order valence-corrected chi connectivity index (χ0v) is 10.2. The molecule has 2 aliphatic carbocycles. The topological polar surface area (TPSA) is 35.5 Å². The Morgan fingerprint density at radius 2 is 2.00 bits per heavy atom. The summed E-state index contributed by atoms with van der Waals surface area (Å²) in [5.74, 6) is 0.435. The van der Waals surface area contributed by atoms with Crippen LogP contribution in [-0.4, -0.2) is 31.7 Å². The second-order valence-electron chi connectivity index (χ2n) is 4.96. The molecule has 0 bridgehead atoms. The Kier molecular flexibility index (Phi) is 3.98. The van der Waals surface area contributed by atoms with Crippen LogP contribution in [0.3, 0.4) is 0 Å². The monoisotopic (exact) mass is 226 g/mol. The number of carbonyl (C=O) groups is 1. The fraction of sp³-hybridized carbons (Fsp3) is 0.923. The van der Waals surface area contributed by atoms with Crippen LogP contribution in [0.25, 0.3) is 0 Å². The lowest BCUT2D eigenvalue weighted by atomic mass is 9.63. The fourth-order valence-electron chi connectivity index (χ4n) is 2.94. The molecule has 2 aliphatic rings. The molecule has 2 saturated carbocycles. The van der Waals surface area contributed by atoms with Crippen LogP contribution in [0.4, 0.5) is 0 Å². The van der Waals surface area contributed by atoms with Crippen molar-refractivity contribution >= 4 is 5.78 Å². The Bertz CT molecular complexity index is 244. The van der Waals surface area contributed by atoms with Gasteiger partial charge in [-0.1, -0.05) is 19.8 Å². The van der Waals surface area contributed by atoms with E-state index in [1.807, 2.05) is 0 Å². The van der Waals surface area contributed by atoms with Crippen LogP contribution >= 0.6 is 0 Å². The predicted molar refractivity (Wildman–Crippen MR) is 61.4 cm³/mol. The maximum Gasteiger partial charge on any atom is 0.144 e. The molecule has 0 aromatic carbocycles. The third kappa shape index (κ3) is 2.16. The molecular formula is C13H22O3. The summed E-state index contributed by atoms with van der Waals surface area (Å²) < 4.78 is 11.2. The summed E-state index contributed by atoms with van der Waals surface area (Å²) >= 11 is 0. The summed E-state index contributed by atoms with van der Waals surface area (Å²) in [6, 6.07) is 0. The minimum absolute atomic E-state index is 0.0786. The Balaban J connectivity index is 1.68. The highest BCUT2D eigenvalue weighted by atomic mass is 16.5. The van der Waals surface area contributed by atoms with E-state index in [1.165, 1.54) is 12.8 Å². The average Bonchev–Trinajstić information content (AvgIpc) is 2.79. The quantitative estimate of drug-likeness (QED) is 0.652. The van der Waals surface area contributed by atoms with Gasteiger partial charge in [0, 0.05) is 13.0 Å². The van der Waals surface area contributed by atoms with Gasteiger partial charge >= 0.3 is 0 Å². The van der Waals surface area contributed by atoms with E-state index in [9.17, 15) is 4.79 Å². The highest BCUT2D eigenvalue weighted by molar-refractivity contribution is 5.92. The van der Waals surface area contributed by atoms with E-state index in [4.69, 9.17) is 9.47 Å². The van der Waals surface area contributed by atoms with Gasteiger partial charge in [0.1, 0.15) is 5.78 Å². The summed E-state index contributed by atoms with van der Waals surface area (Å²) in [4.78, 5) is 11.7. The third-order valence-corrected chi connectivity index (χ3v) is 3.93. The van der Waals surface area contributed by atoms with Crippen LogP contribution < -0.4 is 0 Å². The zero-order chi connectivity index (χ0) is 11.4. The second-order valence-corrected chi connectivity index (χ2v) is 4.96. The third-order valence-electron chi connectivity index (χ3n) is 3.93. The van der Waals surface area contributed by atoms with Gasteiger partial charge in [0.25, 0.3) is 0 Å². The Labute approximate surface area is 97.5 Å². The van der Waals surface area contributed by atoms with Crippen molar-refractivity contribution in [2.24, 2.45) is 5.41 Å². The average molecular weight is 226 g/mol. The molecule has 0 amide bonds. The van der Waals surface area contributed by atoms with Crippen molar-refractivity contribution in [1.29, 1.82) is 0 Å². The largest absolute Gasteiger partial charge is 0.379 e.